The summed E-state index contributed by atoms with van der Waals surface area (Å²) in [5.41, 5.74) is 0. The van der Waals surface area contributed by atoms with Crippen LogP contribution in [0, 0.1) is 0 Å². The summed E-state index contributed by atoms with van der Waals surface area (Å²) in [5, 5.41) is 0. The second-order valence-corrected chi connectivity index (χ2v) is 14.1. The van der Waals surface area contributed by atoms with E-state index >= 15 is 0 Å². The molecule has 0 aromatic rings. The average Bonchev–Trinajstić information content (AvgIpc) is 3.26. The molecule has 0 atom stereocenters. The first-order valence-corrected chi connectivity index (χ1v) is 23.4. The number of ether oxygens (including phenoxy) is 14. The van der Waals surface area contributed by atoms with E-state index in [4.69, 9.17) is 66.3 Å². The highest BCUT2D eigenvalue weighted by Gasteiger charge is 2.04. The Labute approximate surface area is 369 Å². The normalized spacial score (nSPS) is 11.4. The van der Waals surface area contributed by atoms with Crippen molar-refractivity contribution >= 4 is 11.9 Å². The van der Waals surface area contributed by atoms with Gasteiger partial charge in [-0.3, -0.25) is 9.59 Å². The third-order valence-electron chi connectivity index (χ3n) is 8.82. The van der Waals surface area contributed by atoms with Gasteiger partial charge in [0.05, 0.1) is 172 Å². The Bertz CT molecular complexity index is 855. The van der Waals surface area contributed by atoms with Crippen LogP contribution in [0.4, 0.5) is 0 Å². The molecule has 16 heteroatoms. The van der Waals surface area contributed by atoms with Gasteiger partial charge in [-0.1, -0.05) is 84.0 Å². The van der Waals surface area contributed by atoms with Crippen molar-refractivity contribution in [1.29, 1.82) is 0 Å². The molecule has 0 saturated heterocycles. The lowest BCUT2D eigenvalue weighted by Crippen LogP contribution is -2.16. The fraction of sp³-hybridized carbons (Fsp3) is 0.956. The van der Waals surface area contributed by atoms with Gasteiger partial charge >= 0.3 is 11.9 Å². The number of hydrogen-bond donors (Lipinski definition) is 0. The predicted molar refractivity (Wildman–Crippen MR) is 232 cm³/mol. The molecule has 0 radical (unpaired) electrons. The molecule has 0 aliphatic carbocycles. The quantitative estimate of drug-likeness (QED) is 0.0504. The third kappa shape index (κ3) is 54.5. The summed E-state index contributed by atoms with van der Waals surface area (Å²) in [5.74, 6) is -0.389. The van der Waals surface area contributed by atoms with Crippen molar-refractivity contribution in [1.82, 2.24) is 0 Å². The minimum absolute atomic E-state index is 0.136. The molecule has 0 aliphatic heterocycles. The van der Waals surface area contributed by atoms with E-state index in [-0.39, 0.29) is 25.0 Å². The molecule has 0 saturated carbocycles. The van der Waals surface area contributed by atoms with E-state index in [9.17, 15) is 9.59 Å². The van der Waals surface area contributed by atoms with Crippen molar-refractivity contribution in [3.8, 4) is 0 Å². The van der Waals surface area contributed by atoms with Gasteiger partial charge in [0.2, 0.25) is 0 Å². The Balaban J connectivity index is 3.13. The van der Waals surface area contributed by atoms with Crippen LogP contribution >= 0.6 is 0 Å². The van der Waals surface area contributed by atoms with Crippen molar-refractivity contribution in [3.63, 3.8) is 0 Å². The molecule has 0 spiro atoms. The number of unbranched alkanes of at least 4 members (excludes halogenated alkanes) is 12. The maximum absolute atomic E-state index is 11.9. The molecule has 0 aromatic carbocycles. The zero-order valence-corrected chi connectivity index (χ0v) is 38.5. The Morgan fingerprint density at radius 2 is 0.475 bits per heavy atom. The van der Waals surface area contributed by atoms with E-state index in [0.717, 1.165) is 12.8 Å². The van der Waals surface area contributed by atoms with Gasteiger partial charge in [0, 0.05) is 6.42 Å². The van der Waals surface area contributed by atoms with Gasteiger partial charge in [0.15, 0.2) is 0 Å². The largest absolute Gasteiger partial charge is 0.466 e. The van der Waals surface area contributed by atoms with Crippen LogP contribution in [-0.4, -0.2) is 184 Å². The Morgan fingerprint density at radius 3 is 0.754 bits per heavy atom. The summed E-state index contributed by atoms with van der Waals surface area (Å²) in [7, 11) is 0. The lowest BCUT2D eigenvalue weighted by Gasteiger charge is -2.09. The summed E-state index contributed by atoms with van der Waals surface area (Å²) in [6, 6.07) is 0. The Kier molecular flexibility index (Phi) is 53.2. The van der Waals surface area contributed by atoms with Gasteiger partial charge < -0.3 is 66.3 Å². The van der Waals surface area contributed by atoms with Crippen molar-refractivity contribution in [2.24, 2.45) is 0 Å². The highest BCUT2D eigenvalue weighted by Crippen LogP contribution is 2.13. The standard InChI is InChI=1S/C45H88O16/c1-3-5-6-7-8-9-10-11-12-13-14-15-16-17-44(46)61-43-42-59-41-40-58-39-38-57-37-36-56-35-34-55-33-32-54-31-30-53-29-28-52-27-26-51-25-24-50-23-22-49-21-20-48-19-18-45(47)60-4-2/h3-43H2,1-2H3. The summed E-state index contributed by atoms with van der Waals surface area (Å²) in [6.07, 6.45) is 17.5. The lowest BCUT2D eigenvalue weighted by atomic mass is 10.0. The molecule has 61 heavy (non-hydrogen) atoms. The summed E-state index contributed by atoms with van der Waals surface area (Å²) in [6.45, 7) is 15.9. The van der Waals surface area contributed by atoms with Gasteiger partial charge in [0.1, 0.15) is 6.61 Å². The second kappa shape index (κ2) is 54.6. The maximum atomic E-state index is 11.9. The van der Waals surface area contributed by atoms with E-state index in [1.54, 1.807) is 6.92 Å². The zero-order chi connectivity index (χ0) is 44.0. The molecule has 0 heterocycles. The first kappa shape index (κ1) is 59.5. The van der Waals surface area contributed by atoms with Crippen molar-refractivity contribution in [2.75, 3.05) is 172 Å². The van der Waals surface area contributed by atoms with Crippen LogP contribution in [0.5, 0.6) is 0 Å². The van der Waals surface area contributed by atoms with Crippen molar-refractivity contribution in [2.45, 2.75) is 110 Å². The lowest BCUT2D eigenvalue weighted by molar-refractivity contribution is -0.146. The molecule has 364 valence electrons. The van der Waals surface area contributed by atoms with Crippen LogP contribution < -0.4 is 0 Å². The summed E-state index contributed by atoms with van der Waals surface area (Å²) < 4.78 is 75.7. The predicted octanol–water partition coefficient (Wildman–Crippen LogP) is 6.16. The molecule has 0 bridgehead atoms. The van der Waals surface area contributed by atoms with Crippen molar-refractivity contribution < 1.29 is 75.9 Å². The second-order valence-electron chi connectivity index (χ2n) is 14.1. The van der Waals surface area contributed by atoms with E-state index < -0.39 is 0 Å². The number of carbonyl (C=O) groups excluding carboxylic acids is 2. The molecule has 0 aromatic heterocycles. The molecule has 0 unspecified atom stereocenters. The molecule has 0 aliphatic rings. The highest BCUT2D eigenvalue weighted by molar-refractivity contribution is 5.69. The molecule has 16 nitrogen and oxygen atoms in total. The monoisotopic (exact) mass is 885 g/mol. The summed E-state index contributed by atoms with van der Waals surface area (Å²) in [4.78, 5) is 23.1. The van der Waals surface area contributed by atoms with Gasteiger partial charge in [-0.25, -0.2) is 0 Å². The van der Waals surface area contributed by atoms with Crippen LogP contribution in [-0.2, 0) is 75.9 Å². The van der Waals surface area contributed by atoms with Crippen LogP contribution in [0.25, 0.3) is 0 Å². The van der Waals surface area contributed by atoms with E-state index in [1.807, 2.05) is 0 Å². The van der Waals surface area contributed by atoms with Gasteiger partial charge in [-0.05, 0) is 13.3 Å². The molecule has 0 fully saturated rings. The minimum Gasteiger partial charge on any atom is -0.466 e. The first-order chi connectivity index (χ1) is 30.2. The van der Waals surface area contributed by atoms with Crippen LogP contribution in [0.2, 0.25) is 0 Å². The van der Waals surface area contributed by atoms with Crippen molar-refractivity contribution in [3.05, 3.63) is 0 Å². The Hall–Kier alpha value is -1.54. The SMILES string of the molecule is CCCCCCCCCCCCCCCC(=O)OCCOCCOCCOCCOCCOCCOCCOCCOCCOCCOCCOCCOCCC(=O)OCC. The Morgan fingerprint density at radius 1 is 0.246 bits per heavy atom. The minimum atomic E-state index is -0.253. The molecule has 0 rings (SSSR count). The van der Waals surface area contributed by atoms with Gasteiger partial charge in [0.25, 0.3) is 0 Å². The van der Waals surface area contributed by atoms with E-state index in [2.05, 4.69) is 6.92 Å². The smallest absolute Gasteiger partial charge is 0.308 e. The average molecular weight is 885 g/mol. The molecule has 0 N–H and O–H groups in total. The summed E-state index contributed by atoms with van der Waals surface area (Å²) >= 11 is 0. The fourth-order valence-electron chi connectivity index (χ4n) is 5.48. The van der Waals surface area contributed by atoms with E-state index in [0.29, 0.717) is 172 Å². The van der Waals surface area contributed by atoms with Crippen LogP contribution in [0.3, 0.4) is 0 Å². The van der Waals surface area contributed by atoms with E-state index in [1.165, 1.54) is 70.6 Å². The third-order valence-corrected chi connectivity index (χ3v) is 8.82. The number of esters is 2. The number of carbonyl (C=O) groups is 2. The van der Waals surface area contributed by atoms with Crippen LogP contribution in [0.1, 0.15) is 110 Å². The number of hydrogen-bond acceptors (Lipinski definition) is 16. The fourth-order valence-corrected chi connectivity index (χ4v) is 5.48. The first-order valence-electron chi connectivity index (χ1n) is 23.4. The molecular formula is C45H88O16. The molecule has 0 amide bonds. The van der Waals surface area contributed by atoms with Gasteiger partial charge in [-0.15, -0.1) is 0 Å². The number of rotatable bonds is 54. The van der Waals surface area contributed by atoms with Gasteiger partial charge in [-0.2, -0.15) is 0 Å². The maximum Gasteiger partial charge on any atom is 0.308 e. The zero-order valence-electron chi connectivity index (χ0n) is 38.5. The molecular weight excluding hydrogens is 796 g/mol. The highest BCUT2D eigenvalue weighted by atomic mass is 16.6. The van der Waals surface area contributed by atoms with Crippen LogP contribution in [0.15, 0.2) is 0 Å². The topological polar surface area (TPSA) is 163 Å².